The molecule has 0 bridgehead atoms. The maximum absolute atomic E-state index is 12.0. The molecule has 0 saturated heterocycles. The van der Waals surface area contributed by atoms with Gasteiger partial charge in [-0.2, -0.15) is 0 Å². The van der Waals surface area contributed by atoms with E-state index in [1.807, 2.05) is 17.5 Å². The molecule has 1 aromatic carbocycles. The van der Waals surface area contributed by atoms with Crippen LogP contribution in [0.4, 0.5) is 5.69 Å². The molecule has 0 aliphatic heterocycles. The lowest BCUT2D eigenvalue weighted by atomic mass is 10.1. The number of amides is 1. The van der Waals surface area contributed by atoms with Gasteiger partial charge in [-0.1, -0.05) is 22.0 Å². The zero-order valence-electron chi connectivity index (χ0n) is 10.0. The SMILES string of the molecule is O=C(Cc1cccs1)Nc1c(Br)cc(Br)cc1C(=O)O. The summed E-state index contributed by atoms with van der Waals surface area (Å²) in [6, 6.07) is 6.87. The van der Waals surface area contributed by atoms with Crippen molar-refractivity contribution in [1.82, 2.24) is 0 Å². The first kappa shape index (κ1) is 15.2. The summed E-state index contributed by atoms with van der Waals surface area (Å²) in [5.41, 5.74) is 0.299. The van der Waals surface area contributed by atoms with Gasteiger partial charge in [-0.15, -0.1) is 11.3 Å². The number of rotatable bonds is 4. The van der Waals surface area contributed by atoms with E-state index in [4.69, 9.17) is 0 Å². The van der Waals surface area contributed by atoms with E-state index in [1.54, 1.807) is 6.07 Å². The smallest absolute Gasteiger partial charge is 0.337 e. The fraction of sp³-hybridized carbons (Fsp3) is 0.0769. The number of anilines is 1. The molecule has 104 valence electrons. The number of carbonyl (C=O) groups is 2. The zero-order valence-corrected chi connectivity index (χ0v) is 14.0. The van der Waals surface area contributed by atoms with E-state index in [2.05, 4.69) is 37.2 Å². The normalized spacial score (nSPS) is 10.3. The molecule has 0 unspecified atom stereocenters. The van der Waals surface area contributed by atoms with Gasteiger partial charge >= 0.3 is 5.97 Å². The van der Waals surface area contributed by atoms with Gasteiger partial charge in [0.05, 0.1) is 17.7 Å². The number of aromatic carboxylic acids is 1. The Morgan fingerprint density at radius 2 is 2.05 bits per heavy atom. The molecule has 2 rings (SSSR count). The van der Waals surface area contributed by atoms with E-state index in [0.29, 0.717) is 8.95 Å². The summed E-state index contributed by atoms with van der Waals surface area (Å²) in [5.74, 6) is -1.35. The van der Waals surface area contributed by atoms with Crippen molar-refractivity contribution in [3.63, 3.8) is 0 Å². The molecule has 1 aromatic heterocycles. The predicted octanol–water partition coefficient (Wildman–Crippen LogP) is 4.15. The minimum absolute atomic E-state index is 0.0331. The van der Waals surface area contributed by atoms with Gasteiger partial charge in [0.15, 0.2) is 0 Å². The number of hydrogen-bond acceptors (Lipinski definition) is 3. The van der Waals surface area contributed by atoms with Gasteiger partial charge in [-0.05, 0) is 39.5 Å². The quantitative estimate of drug-likeness (QED) is 0.783. The molecule has 4 nitrogen and oxygen atoms in total. The maximum Gasteiger partial charge on any atom is 0.337 e. The molecule has 1 amide bonds. The van der Waals surface area contributed by atoms with Crippen LogP contribution in [0.2, 0.25) is 0 Å². The predicted molar refractivity (Wildman–Crippen MR) is 85.5 cm³/mol. The fourth-order valence-corrected chi connectivity index (χ4v) is 3.65. The van der Waals surface area contributed by atoms with Crippen LogP contribution in [-0.4, -0.2) is 17.0 Å². The van der Waals surface area contributed by atoms with E-state index in [9.17, 15) is 14.7 Å². The molecule has 7 heteroatoms. The van der Waals surface area contributed by atoms with Gasteiger partial charge in [-0.25, -0.2) is 4.79 Å². The Morgan fingerprint density at radius 3 is 2.65 bits per heavy atom. The Morgan fingerprint density at radius 1 is 1.30 bits per heavy atom. The number of halogens is 2. The Labute approximate surface area is 136 Å². The Balaban J connectivity index is 2.24. The van der Waals surface area contributed by atoms with Gasteiger partial charge in [-0.3, -0.25) is 4.79 Å². The van der Waals surface area contributed by atoms with Crippen molar-refractivity contribution < 1.29 is 14.7 Å². The van der Waals surface area contributed by atoms with E-state index >= 15 is 0 Å². The molecular formula is C13H9Br2NO3S. The highest BCUT2D eigenvalue weighted by atomic mass is 79.9. The largest absolute Gasteiger partial charge is 0.478 e. The standard InChI is InChI=1S/C13H9Br2NO3S/c14-7-4-9(13(18)19)12(10(15)5-7)16-11(17)6-8-2-1-3-20-8/h1-5H,6H2,(H,16,17)(H,18,19). The number of nitrogens with one attached hydrogen (secondary N) is 1. The Bertz CT molecular complexity index is 656. The summed E-state index contributed by atoms with van der Waals surface area (Å²) in [6.07, 6.45) is 0.221. The van der Waals surface area contributed by atoms with Crippen LogP contribution in [0.25, 0.3) is 0 Å². The number of carboxylic acid groups (broad SMARTS) is 1. The fourth-order valence-electron chi connectivity index (χ4n) is 1.62. The van der Waals surface area contributed by atoms with Gasteiger partial charge in [0, 0.05) is 13.8 Å². The van der Waals surface area contributed by atoms with Crippen LogP contribution >= 0.6 is 43.2 Å². The van der Waals surface area contributed by atoms with Crippen LogP contribution in [-0.2, 0) is 11.2 Å². The van der Waals surface area contributed by atoms with Crippen LogP contribution in [0.15, 0.2) is 38.6 Å². The molecule has 0 spiro atoms. The minimum atomic E-state index is -1.10. The minimum Gasteiger partial charge on any atom is -0.478 e. The Hall–Kier alpha value is -1.18. The van der Waals surface area contributed by atoms with Crippen molar-refractivity contribution >= 4 is 60.8 Å². The second kappa shape index (κ2) is 6.51. The molecule has 0 aliphatic carbocycles. The summed E-state index contributed by atoms with van der Waals surface area (Å²) in [4.78, 5) is 24.1. The van der Waals surface area contributed by atoms with Crippen LogP contribution in [0, 0.1) is 0 Å². The summed E-state index contributed by atoms with van der Waals surface area (Å²) < 4.78 is 1.14. The third kappa shape index (κ3) is 3.68. The van der Waals surface area contributed by atoms with Crippen molar-refractivity contribution in [2.24, 2.45) is 0 Å². The summed E-state index contributed by atoms with van der Waals surface area (Å²) >= 11 is 7.98. The maximum atomic E-state index is 12.0. The third-order valence-electron chi connectivity index (χ3n) is 2.46. The number of carbonyl (C=O) groups excluding carboxylic acids is 1. The van der Waals surface area contributed by atoms with Crippen molar-refractivity contribution in [3.05, 3.63) is 49.0 Å². The lowest BCUT2D eigenvalue weighted by molar-refractivity contribution is -0.115. The summed E-state index contributed by atoms with van der Waals surface area (Å²) in [6.45, 7) is 0. The molecule has 2 aromatic rings. The number of thiophene rings is 1. The monoisotopic (exact) mass is 417 g/mol. The van der Waals surface area contributed by atoms with Crippen molar-refractivity contribution in [1.29, 1.82) is 0 Å². The van der Waals surface area contributed by atoms with Crippen molar-refractivity contribution in [2.45, 2.75) is 6.42 Å². The molecule has 0 fully saturated rings. The Kier molecular flexibility index (Phi) is 4.95. The summed E-state index contributed by atoms with van der Waals surface area (Å²) in [7, 11) is 0. The molecule has 0 atom stereocenters. The van der Waals surface area contributed by atoms with Gasteiger partial charge in [0.2, 0.25) is 5.91 Å². The van der Waals surface area contributed by atoms with Crippen molar-refractivity contribution in [3.8, 4) is 0 Å². The van der Waals surface area contributed by atoms with Crippen LogP contribution in [0.3, 0.4) is 0 Å². The van der Waals surface area contributed by atoms with Crippen LogP contribution in [0.1, 0.15) is 15.2 Å². The average molecular weight is 419 g/mol. The summed E-state index contributed by atoms with van der Waals surface area (Å²) in [5, 5.41) is 13.7. The zero-order chi connectivity index (χ0) is 14.7. The molecule has 0 radical (unpaired) electrons. The first-order valence-electron chi connectivity index (χ1n) is 5.52. The van der Waals surface area contributed by atoms with Crippen LogP contribution < -0.4 is 5.32 Å². The van der Waals surface area contributed by atoms with Gasteiger partial charge in [0.1, 0.15) is 0 Å². The number of hydrogen-bond donors (Lipinski definition) is 2. The molecular weight excluding hydrogens is 410 g/mol. The second-order valence-corrected chi connectivity index (χ2v) is 6.72. The lowest BCUT2D eigenvalue weighted by Crippen LogP contribution is -2.17. The van der Waals surface area contributed by atoms with Gasteiger partial charge < -0.3 is 10.4 Å². The van der Waals surface area contributed by atoms with E-state index in [-0.39, 0.29) is 23.6 Å². The molecule has 1 heterocycles. The number of benzene rings is 1. The highest BCUT2D eigenvalue weighted by Crippen LogP contribution is 2.31. The van der Waals surface area contributed by atoms with Gasteiger partial charge in [0.25, 0.3) is 0 Å². The molecule has 0 saturated carbocycles. The van der Waals surface area contributed by atoms with Crippen molar-refractivity contribution in [2.75, 3.05) is 5.32 Å². The molecule has 2 N–H and O–H groups in total. The second-order valence-electron chi connectivity index (χ2n) is 3.92. The lowest BCUT2D eigenvalue weighted by Gasteiger charge is -2.11. The molecule has 20 heavy (non-hydrogen) atoms. The van der Waals surface area contributed by atoms with E-state index < -0.39 is 5.97 Å². The average Bonchev–Trinajstić information content (AvgIpc) is 2.84. The first-order valence-corrected chi connectivity index (χ1v) is 7.98. The topological polar surface area (TPSA) is 66.4 Å². The van der Waals surface area contributed by atoms with E-state index in [0.717, 1.165) is 4.88 Å². The van der Waals surface area contributed by atoms with E-state index in [1.165, 1.54) is 17.4 Å². The molecule has 0 aliphatic rings. The highest BCUT2D eigenvalue weighted by Gasteiger charge is 2.17. The first-order chi connectivity index (χ1) is 9.47. The third-order valence-corrected chi connectivity index (χ3v) is 4.42. The number of carboxylic acids is 1. The highest BCUT2D eigenvalue weighted by molar-refractivity contribution is 9.11. The van der Waals surface area contributed by atoms with Crippen LogP contribution in [0.5, 0.6) is 0 Å².